The molecule has 64 heavy (non-hydrogen) atoms. The number of thioether (sulfide) groups is 1. The smallest absolute Gasteiger partial charge is 0.386 e. The van der Waals surface area contributed by atoms with Crippen LogP contribution in [-0.2, 0) is 50.7 Å². The van der Waals surface area contributed by atoms with Gasteiger partial charge in [-0.05, 0) is 12.3 Å². The van der Waals surface area contributed by atoms with Crippen LogP contribution in [0.15, 0.2) is 12.7 Å². The van der Waals surface area contributed by atoms with Crippen molar-refractivity contribution < 1.29 is 80.5 Å². The number of amides is 2. The molecule has 8 atom stereocenters. The fraction of sp³-hybridized carbons (Fsp3) is 0.778. The van der Waals surface area contributed by atoms with Gasteiger partial charge >= 0.3 is 23.5 Å². The molecule has 2 amide bonds. The Bertz CT molecular complexity index is 1960. The maximum Gasteiger partial charge on any atom is 0.481 e. The van der Waals surface area contributed by atoms with E-state index in [1.165, 1.54) is 58.8 Å². The number of anilines is 1. The standard InChI is InChI=1S/C36H64N7O17P3S/c1-5-6-13-24(2)14-11-9-7-8-10-12-15-27(45)64-19-18-38-26(44)16-17-39-34(48)31(47)36(3,4)21-57-63(54,55)60-62(52,53)56-20-25-30(59-61(49,50)51)29(46)35(58-25)43-23-42-28-32(37)40-22-41-33(28)43/h22-25,29-31,35,46-47H,5-21H2,1-4H3,(H,38,44)(H,39,48)(H,52,53)(H,54,55)(H2,37,40,41)(H2,49,50,51). The van der Waals surface area contributed by atoms with E-state index in [0.29, 0.717) is 12.2 Å². The first-order valence-corrected chi connectivity index (χ1v) is 26.5. The Morgan fingerprint density at radius 3 is 2.28 bits per heavy atom. The van der Waals surface area contributed by atoms with Crippen LogP contribution in [0.4, 0.5) is 5.82 Å². The van der Waals surface area contributed by atoms with Crippen LogP contribution in [0.25, 0.3) is 11.2 Å². The van der Waals surface area contributed by atoms with Gasteiger partial charge in [0, 0.05) is 37.1 Å². The summed E-state index contributed by atoms with van der Waals surface area (Å²) < 4.78 is 62.4. The fourth-order valence-corrected chi connectivity index (χ4v) is 10.1. The summed E-state index contributed by atoms with van der Waals surface area (Å²) in [6.45, 7) is 5.11. The van der Waals surface area contributed by atoms with Crippen molar-refractivity contribution in [3.05, 3.63) is 12.7 Å². The molecule has 2 aromatic rings. The molecule has 366 valence electrons. The lowest BCUT2D eigenvalue weighted by molar-refractivity contribution is -0.137. The quantitative estimate of drug-likeness (QED) is 0.0385. The highest BCUT2D eigenvalue weighted by atomic mass is 32.2. The van der Waals surface area contributed by atoms with E-state index in [1.807, 2.05) is 0 Å². The number of carbonyl (C=O) groups is 3. The highest BCUT2D eigenvalue weighted by Gasteiger charge is 2.50. The van der Waals surface area contributed by atoms with Gasteiger partial charge in [-0.1, -0.05) is 97.2 Å². The number of hydrogen-bond donors (Lipinski definition) is 9. The molecule has 0 aliphatic carbocycles. The minimum Gasteiger partial charge on any atom is -0.386 e. The second-order valence-electron chi connectivity index (χ2n) is 16.2. The van der Waals surface area contributed by atoms with Crippen LogP contribution >= 0.6 is 35.2 Å². The molecule has 3 heterocycles. The number of hydrogen-bond acceptors (Lipinski definition) is 18. The Kier molecular flexibility index (Phi) is 22.9. The summed E-state index contributed by atoms with van der Waals surface area (Å²) in [6.07, 6.45) is 5.34. The molecule has 1 aliphatic heterocycles. The number of carbonyl (C=O) groups excluding carboxylic acids is 3. The molecule has 3 rings (SSSR count). The predicted octanol–water partition coefficient (Wildman–Crippen LogP) is 3.61. The number of imidazole rings is 1. The normalized spacial score (nSPS) is 21.0. The molecule has 1 fully saturated rings. The van der Waals surface area contributed by atoms with Gasteiger partial charge in [0.2, 0.25) is 11.8 Å². The average Bonchev–Trinajstić information content (AvgIpc) is 3.77. The third-order valence-electron chi connectivity index (χ3n) is 10.1. The first-order chi connectivity index (χ1) is 29.9. The zero-order valence-electron chi connectivity index (χ0n) is 36.4. The number of aromatic nitrogens is 4. The van der Waals surface area contributed by atoms with Gasteiger partial charge in [-0.2, -0.15) is 4.31 Å². The van der Waals surface area contributed by atoms with Crippen molar-refractivity contribution in [2.75, 3.05) is 37.8 Å². The van der Waals surface area contributed by atoms with E-state index < -0.39 is 84.6 Å². The first-order valence-electron chi connectivity index (χ1n) is 21.0. The molecule has 10 N–H and O–H groups in total. The number of aliphatic hydroxyl groups is 2. The Hall–Kier alpha value is -2.44. The van der Waals surface area contributed by atoms with Gasteiger partial charge in [-0.3, -0.25) is 32.5 Å². The van der Waals surface area contributed by atoms with E-state index in [9.17, 15) is 57.9 Å². The van der Waals surface area contributed by atoms with Crippen molar-refractivity contribution in [3.63, 3.8) is 0 Å². The summed E-state index contributed by atoms with van der Waals surface area (Å²) in [7, 11) is -16.4. The number of phosphoric ester groups is 3. The van der Waals surface area contributed by atoms with Gasteiger partial charge in [0.05, 0.1) is 19.5 Å². The van der Waals surface area contributed by atoms with E-state index in [4.69, 9.17) is 19.5 Å². The molecule has 0 spiro atoms. The maximum absolute atomic E-state index is 12.7. The lowest BCUT2D eigenvalue weighted by Gasteiger charge is -2.30. The highest BCUT2D eigenvalue weighted by molar-refractivity contribution is 8.13. The van der Waals surface area contributed by atoms with Crippen molar-refractivity contribution >= 4 is 69.1 Å². The van der Waals surface area contributed by atoms with Crippen LogP contribution in [-0.4, -0.2) is 123 Å². The number of fused-ring (bicyclic) bond motifs is 1. The Labute approximate surface area is 376 Å². The van der Waals surface area contributed by atoms with Crippen LogP contribution in [0.5, 0.6) is 0 Å². The number of rotatable bonds is 31. The van der Waals surface area contributed by atoms with Crippen molar-refractivity contribution in [2.45, 2.75) is 135 Å². The Morgan fingerprint density at radius 2 is 1.59 bits per heavy atom. The van der Waals surface area contributed by atoms with Crippen molar-refractivity contribution in [1.82, 2.24) is 30.2 Å². The van der Waals surface area contributed by atoms with Crippen molar-refractivity contribution in [1.29, 1.82) is 0 Å². The van der Waals surface area contributed by atoms with Crippen LogP contribution in [0.2, 0.25) is 0 Å². The number of nitrogens with one attached hydrogen (secondary N) is 2. The Balaban J connectivity index is 1.35. The van der Waals surface area contributed by atoms with Gasteiger partial charge in [-0.15, -0.1) is 0 Å². The minimum absolute atomic E-state index is 0.0334. The van der Waals surface area contributed by atoms with E-state index >= 15 is 0 Å². The number of nitrogens with zero attached hydrogens (tertiary/aromatic N) is 4. The number of aliphatic hydroxyl groups excluding tert-OH is 2. The van der Waals surface area contributed by atoms with E-state index in [-0.39, 0.29) is 41.6 Å². The molecule has 8 unspecified atom stereocenters. The van der Waals surface area contributed by atoms with E-state index in [1.54, 1.807) is 0 Å². The summed E-state index contributed by atoms with van der Waals surface area (Å²) in [4.78, 5) is 88.2. The van der Waals surface area contributed by atoms with Crippen LogP contribution in [0.1, 0.15) is 111 Å². The molecular weight excluding hydrogens is 927 g/mol. The molecule has 0 aromatic carbocycles. The molecular formula is C36H64N7O17P3S. The molecule has 0 bridgehead atoms. The first kappa shape index (κ1) is 55.9. The molecule has 2 aromatic heterocycles. The summed E-state index contributed by atoms with van der Waals surface area (Å²) in [5.41, 5.74) is 4.29. The average molecular weight is 992 g/mol. The monoisotopic (exact) mass is 991 g/mol. The molecule has 0 saturated carbocycles. The summed E-state index contributed by atoms with van der Waals surface area (Å²) in [5.74, 6) is -0.234. The topological polar surface area (TPSA) is 364 Å². The fourth-order valence-electron chi connectivity index (χ4n) is 6.53. The maximum atomic E-state index is 12.7. The van der Waals surface area contributed by atoms with Gasteiger partial charge < -0.3 is 50.9 Å². The summed E-state index contributed by atoms with van der Waals surface area (Å²) in [6, 6.07) is 0. The lowest BCUT2D eigenvalue weighted by Crippen LogP contribution is -2.46. The second kappa shape index (κ2) is 26.2. The van der Waals surface area contributed by atoms with Gasteiger partial charge in [0.25, 0.3) is 0 Å². The van der Waals surface area contributed by atoms with Crippen LogP contribution in [0.3, 0.4) is 0 Å². The van der Waals surface area contributed by atoms with E-state index in [2.05, 4.69) is 48.3 Å². The van der Waals surface area contributed by atoms with Gasteiger partial charge in [-0.25, -0.2) is 28.6 Å². The van der Waals surface area contributed by atoms with Crippen LogP contribution < -0.4 is 16.4 Å². The largest absolute Gasteiger partial charge is 0.481 e. The van der Waals surface area contributed by atoms with Crippen LogP contribution in [0, 0.1) is 11.3 Å². The SMILES string of the molecule is CCCCC(C)CCCCCCCCC(=O)SCCNC(=O)CCNC(=O)C(O)C(C)(C)COP(=O)(O)OP(=O)(O)OCC1OC(n2cnc3c(N)ncnc32)C(O)C1OP(=O)(O)O. The summed E-state index contributed by atoms with van der Waals surface area (Å²) in [5, 5.41) is 26.6. The number of unbranched alkanes of at least 4 members (excludes halogenated alkanes) is 6. The number of ether oxygens (including phenoxy) is 1. The van der Waals surface area contributed by atoms with E-state index in [0.717, 1.165) is 54.2 Å². The zero-order valence-corrected chi connectivity index (χ0v) is 39.9. The molecule has 28 heteroatoms. The zero-order chi connectivity index (χ0) is 47.7. The minimum atomic E-state index is -5.57. The van der Waals surface area contributed by atoms with Crippen molar-refractivity contribution in [3.8, 4) is 0 Å². The third-order valence-corrected chi connectivity index (χ3v) is 14.2. The van der Waals surface area contributed by atoms with Gasteiger partial charge in [0.15, 0.2) is 22.8 Å². The molecule has 1 aliphatic rings. The lowest BCUT2D eigenvalue weighted by atomic mass is 9.87. The Morgan fingerprint density at radius 1 is 0.938 bits per heavy atom. The third kappa shape index (κ3) is 19.4. The number of phosphoric acid groups is 3. The highest BCUT2D eigenvalue weighted by Crippen LogP contribution is 2.61. The summed E-state index contributed by atoms with van der Waals surface area (Å²) >= 11 is 1.15. The molecule has 0 radical (unpaired) electrons. The molecule has 1 saturated heterocycles. The predicted molar refractivity (Wildman–Crippen MR) is 233 cm³/mol. The number of nitrogen functional groups attached to an aromatic ring is 1. The second-order valence-corrected chi connectivity index (χ2v) is 21.6. The number of nitrogens with two attached hydrogens (primary N) is 1. The molecule has 24 nitrogen and oxygen atoms in total. The van der Waals surface area contributed by atoms with Crippen molar-refractivity contribution in [2.24, 2.45) is 11.3 Å². The van der Waals surface area contributed by atoms with Gasteiger partial charge in [0.1, 0.15) is 36.3 Å².